The van der Waals surface area contributed by atoms with Crippen molar-refractivity contribution in [3.05, 3.63) is 12.3 Å². The summed E-state index contributed by atoms with van der Waals surface area (Å²) in [6, 6.07) is 0. The molecule has 0 rings (SSSR count). The third kappa shape index (κ3) is 44.3. The summed E-state index contributed by atoms with van der Waals surface area (Å²) in [6.07, 6.45) is 0. The zero-order chi connectivity index (χ0) is 0. The number of rotatable bonds is 0. The first-order valence-corrected chi connectivity index (χ1v) is 0. The fraction of sp³-hybridized carbons (Fsp3) is 0. The van der Waals surface area contributed by atoms with Gasteiger partial charge in [0.25, 0.3) is 0 Å². The third-order valence-corrected chi connectivity index (χ3v) is 0. The summed E-state index contributed by atoms with van der Waals surface area (Å²) in [5.41, 5.74) is 0. The topological polar surface area (TPSA) is 61.0 Å². The van der Waals surface area contributed by atoms with Crippen molar-refractivity contribution in [1.29, 1.82) is 0 Å². The third-order valence-electron chi connectivity index (χ3n) is 0. The van der Waals surface area contributed by atoms with Gasteiger partial charge in [0.2, 0.25) is 0 Å². The number of hydrogen-bond acceptors (Lipinski definition) is 0. The fourth-order valence-electron chi connectivity index (χ4n) is 0. The van der Waals surface area contributed by atoms with E-state index in [9.17, 15) is 0 Å². The molecular formula is N2P2Zr3. The van der Waals surface area contributed by atoms with Gasteiger partial charge in [-0.15, -0.1) is 0 Å². The summed E-state index contributed by atoms with van der Waals surface area (Å²) >= 11 is 0. The van der Waals surface area contributed by atoms with E-state index >= 15 is 0 Å². The van der Waals surface area contributed by atoms with E-state index in [1.807, 2.05) is 0 Å². The molecule has 0 radical (unpaired) electrons. The minimum atomic E-state index is 0. The van der Waals surface area contributed by atoms with Gasteiger partial charge in [-0.3, -0.25) is 0 Å². The van der Waals surface area contributed by atoms with E-state index in [4.69, 9.17) is 0 Å². The molecule has 0 amide bonds. The van der Waals surface area contributed by atoms with Crippen LogP contribution in [0.4, 0.5) is 0 Å². The molecular weight excluding hydrogens is 364 g/mol. The average Bonchev–Trinajstić information content (AvgIpc) is 0. The van der Waals surface area contributed by atoms with Crippen LogP contribution in [-0.2, 0) is 78.6 Å². The largest absolute Gasteiger partial charge is 4.00 e. The monoisotopic (exact) mass is 360 g/mol. The minimum absolute atomic E-state index is 0. The predicted molar refractivity (Wildman–Crippen MR) is 20.6 cm³/mol. The van der Waals surface area contributed by atoms with Gasteiger partial charge in [-0.2, -0.15) is 0 Å². The van der Waals surface area contributed by atoms with Crippen molar-refractivity contribution in [2.75, 3.05) is 0 Å². The standard InChI is InChI=1S/2N.2P.3Zr/q4*-3;3*+4. The van der Waals surface area contributed by atoms with Crippen molar-refractivity contribution >= 4 is 19.8 Å². The molecule has 32 valence electrons. The Kier molecular flexibility index (Phi) is 642. The van der Waals surface area contributed by atoms with Crippen molar-refractivity contribution in [3.8, 4) is 0 Å². The van der Waals surface area contributed by atoms with E-state index in [-0.39, 0.29) is 111 Å². The molecule has 0 saturated carbocycles. The molecule has 0 aliphatic carbocycles. The molecule has 0 saturated heterocycles. The minimum Gasteiger partial charge on any atom is -3.00 e. The summed E-state index contributed by atoms with van der Waals surface area (Å²) in [5.74, 6) is 0. The van der Waals surface area contributed by atoms with Gasteiger partial charge in [-0.05, 0) is 0 Å². The van der Waals surface area contributed by atoms with Crippen molar-refractivity contribution in [2.24, 2.45) is 0 Å². The Morgan fingerprint density at radius 1 is 0.429 bits per heavy atom. The van der Waals surface area contributed by atoms with Crippen molar-refractivity contribution < 1.29 is 78.6 Å². The molecule has 2 nitrogen and oxygen atoms in total. The van der Waals surface area contributed by atoms with Gasteiger partial charge in [0.1, 0.15) is 0 Å². The van der Waals surface area contributed by atoms with Crippen LogP contribution in [0.3, 0.4) is 0 Å². The van der Waals surface area contributed by atoms with Gasteiger partial charge < -0.3 is 32.1 Å². The van der Waals surface area contributed by atoms with Crippen LogP contribution in [0.15, 0.2) is 0 Å². The van der Waals surface area contributed by atoms with Crippen LogP contribution in [0.2, 0.25) is 0 Å². The predicted octanol–water partition coefficient (Wildman–Crippen LogP) is 2.29. The van der Waals surface area contributed by atoms with Gasteiger partial charge in [-0.25, -0.2) is 0 Å². The van der Waals surface area contributed by atoms with E-state index < -0.39 is 0 Å². The maximum absolute atomic E-state index is 0. The van der Waals surface area contributed by atoms with Gasteiger partial charge in [0, 0.05) is 0 Å². The Bertz CT molecular complexity index is 10.9. The van der Waals surface area contributed by atoms with Crippen molar-refractivity contribution in [1.82, 2.24) is 0 Å². The van der Waals surface area contributed by atoms with Crippen molar-refractivity contribution in [2.45, 2.75) is 0 Å². The van der Waals surface area contributed by atoms with Crippen LogP contribution >= 0.6 is 19.8 Å². The fourth-order valence-corrected chi connectivity index (χ4v) is 0. The molecule has 0 aliphatic rings. The summed E-state index contributed by atoms with van der Waals surface area (Å²) in [7, 11) is 0. The first-order chi connectivity index (χ1) is 0. The molecule has 0 bridgehead atoms. The Labute approximate surface area is 109 Å². The molecule has 0 atom stereocenters. The molecule has 0 aromatic carbocycles. The molecule has 0 aromatic heterocycles. The van der Waals surface area contributed by atoms with Crippen molar-refractivity contribution in [3.63, 3.8) is 0 Å². The van der Waals surface area contributed by atoms with Gasteiger partial charge in [-0.1, -0.05) is 0 Å². The second-order valence-corrected chi connectivity index (χ2v) is 0. The summed E-state index contributed by atoms with van der Waals surface area (Å²) < 4.78 is 0. The maximum atomic E-state index is 0. The Balaban J connectivity index is 0. The quantitative estimate of drug-likeness (QED) is 0.593. The molecule has 7 heavy (non-hydrogen) atoms. The molecule has 0 N–H and O–H groups in total. The van der Waals surface area contributed by atoms with Gasteiger partial charge in [0.05, 0.1) is 0 Å². The van der Waals surface area contributed by atoms with Gasteiger partial charge >= 0.3 is 78.6 Å². The molecule has 0 heterocycles. The first kappa shape index (κ1) is 78.8. The van der Waals surface area contributed by atoms with Crippen LogP contribution in [0.25, 0.3) is 12.3 Å². The van der Waals surface area contributed by atoms with Crippen LogP contribution < -0.4 is 0 Å². The number of hydrogen-bond donors (Lipinski definition) is 0. The van der Waals surface area contributed by atoms with Crippen LogP contribution in [0.1, 0.15) is 0 Å². The average molecular weight is 364 g/mol. The zero-order valence-corrected chi connectivity index (χ0v) is 12.5. The van der Waals surface area contributed by atoms with Gasteiger partial charge in [0.15, 0.2) is 0 Å². The zero-order valence-electron chi connectivity index (χ0n) is 3.29. The molecule has 7 heteroatoms. The maximum Gasteiger partial charge on any atom is 4.00 e. The van der Waals surface area contributed by atoms with Crippen LogP contribution in [-0.4, -0.2) is 0 Å². The normalized spacial score (nSPS) is 0. The number of nitrogens with zero attached hydrogens (tertiary/aromatic N) is 2. The summed E-state index contributed by atoms with van der Waals surface area (Å²) in [4.78, 5) is 0. The molecule has 0 spiro atoms. The van der Waals surface area contributed by atoms with Crippen LogP contribution in [0.5, 0.6) is 0 Å². The Morgan fingerprint density at radius 2 is 0.429 bits per heavy atom. The second kappa shape index (κ2) is 57.0. The SMILES string of the molecule is [N-3].[N-3].[P-3].[P-3].[Zr+4].[Zr+4].[Zr+4]. The Morgan fingerprint density at radius 3 is 0.429 bits per heavy atom. The smallest absolute Gasteiger partial charge is 3.00 e. The van der Waals surface area contributed by atoms with E-state index in [1.54, 1.807) is 0 Å². The Hall–Kier alpha value is 3.43. The first-order valence-electron chi connectivity index (χ1n) is 0. The summed E-state index contributed by atoms with van der Waals surface area (Å²) in [5, 5.41) is 0. The van der Waals surface area contributed by atoms with E-state index in [0.29, 0.717) is 0 Å². The molecule has 0 aliphatic heterocycles. The molecule has 0 unspecified atom stereocenters. The molecule has 0 aromatic rings. The van der Waals surface area contributed by atoms with E-state index in [2.05, 4.69) is 0 Å². The van der Waals surface area contributed by atoms with E-state index in [0.717, 1.165) is 0 Å². The van der Waals surface area contributed by atoms with E-state index in [1.165, 1.54) is 0 Å². The molecule has 0 fully saturated rings. The van der Waals surface area contributed by atoms with Crippen LogP contribution in [0, 0.1) is 0 Å². The second-order valence-electron chi connectivity index (χ2n) is 0. The summed E-state index contributed by atoms with van der Waals surface area (Å²) in [6.45, 7) is 0.